The Morgan fingerprint density at radius 3 is 2.32 bits per heavy atom. The second kappa shape index (κ2) is 5.76. The molecule has 0 aliphatic heterocycles. The molecule has 0 saturated heterocycles. The number of methoxy groups -OCH3 is 1. The van der Waals surface area contributed by atoms with E-state index in [0.717, 1.165) is 32.5 Å². The number of hydrogen-bond donors (Lipinski definition) is 1. The first-order valence-electron chi connectivity index (χ1n) is 6.11. The van der Waals surface area contributed by atoms with Crippen molar-refractivity contribution in [2.24, 2.45) is 0 Å². The minimum atomic E-state index is -0.677. The fourth-order valence-corrected chi connectivity index (χ4v) is 2.54. The average molecular weight is 321 g/mol. The van der Waals surface area contributed by atoms with Crippen LogP contribution in [0, 0.1) is 13.8 Å². The zero-order chi connectivity index (χ0) is 14.0. The maximum absolute atomic E-state index is 10.6. The van der Waals surface area contributed by atoms with Gasteiger partial charge in [-0.15, -0.1) is 0 Å². The molecule has 1 unspecified atom stereocenters. The highest BCUT2D eigenvalue weighted by Gasteiger charge is 2.18. The minimum absolute atomic E-state index is 0.677. The van der Waals surface area contributed by atoms with Crippen molar-refractivity contribution in [2.75, 3.05) is 7.11 Å². The summed E-state index contributed by atoms with van der Waals surface area (Å²) >= 11 is 3.40. The van der Waals surface area contributed by atoms with Gasteiger partial charge in [-0.05, 0) is 48.7 Å². The van der Waals surface area contributed by atoms with Gasteiger partial charge in [-0.3, -0.25) is 0 Å². The van der Waals surface area contributed by atoms with E-state index in [1.807, 2.05) is 44.2 Å². The zero-order valence-electron chi connectivity index (χ0n) is 11.3. The molecule has 2 aromatic carbocycles. The summed E-state index contributed by atoms with van der Waals surface area (Å²) in [7, 11) is 1.63. The summed E-state index contributed by atoms with van der Waals surface area (Å²) < 4.78 is 6.40. The van der Waals surface area contributed by atoms with Crippen molar-refractivity contribution in [3.63, 3.8) is 0 Å². The Labute approximate surface area is 122 Å². The van der Waals surface area contributed by atoms with Crippen LogP contribution in [0.4, 0.5) is 0 Å². The van der Waals surface area contributed by atoms with Gasteiger partial charge in [-0.2, -0.15) is 0 Å². The fraction of sp³-hybridized carbons (Fsp3) is 0.250. The number of benzene rings is 2. The number of aliphatic hydroxyl groups is 1. The Bertz CT molecular complexity index is 576. The average Bonchev–Trinajstić information content (AvgIpc) is 2.38. The Hall–Kier alpha value is -1.32. The van der Waals surface area contributed by atoms with Crippen LogP contribution in [0.1, 0.15) is 28.4 Å². The molecular weight excluding hydrogens is 304 g/mol. The van der Waals surface area contributed by atoms with E-state index in [0.29, 0.717) is 0 Å². The highest BCUT2D eigenvalue weighted by atomic mass is 79.9. The number of halogens is 1. The Kier molecular flexibility index (Phi) is 4.27. The predicted molar refractivity (Wildman–Crippen MR) is 80.7 cm³/mol. The van der Waals surface area contributed by atoms with Crippen LogP contribution >= 0.6 is 15.9 Å². The third kappa shape index (κ3) is 2.99. The smallest absolute Gasteiger partial charge is 0.125 e. The quantitative estimate of drug-likeness (QED) is 0.920. The van der Waals surface area contributed by atoms with Crippen molar-refractivity contribution >= 4 is 15.9 Å². The minimum Gasteiger partial charge on any atom is -0.496 e. The van der Waals surface area contributed by atoms with Crippen LogP contribution in [0.5, 0.6) is 5.75 Å². The lowest BCUT2D eigenvalue weighted by Crippen LogP contribution is -2.05. The fourth-order valence-electron chi connectivity index (χ4n) is 2.27. The molecule has 0 aliphatic rings. The van der Waals surface area contributed by atoms with Crippen LogP contribution in [0.15, 0.2) is 40.9 Å². The molecule has 0 heterocycles. The second-order valence-electron chi connectivity index (χ2n) is 4.65. The van der Waals surface area contributed by atoms with Crippen LogP contribution in [0.3, 0.4) is 0 Å². The zero-order valence-corrected chi connectivity index (χ0v) is 12.9. The van der Waals surface area contributed by atoms with E-state index in [-0.39, 0.29) is 0 Å². The summed E-state index contributed by atoms with van der Waals surface area (Å²) in [6.45, 7) is 4.01. The number of aryl methyl sites for hydroxylation is 2. The van der Waals surface area contributed by atoms with Crippen molar-refractivity contribution in [3.05, 3.63) is 63.1 Å². The second-order valence-corrected chi connectivity index (χ2v) is 5.57. The first-order chi connectivity index (χ1) is 9.02. The summed E-state index contributed by atoms with van der Waals surface area (Å²) in [5, 5.41) is 10.6. The van der Waals surface area contributed by atoms with Gasteiger partial charge in [0.25, 0.3) is 0 Å². The third-order valence-corrected chi connectivity index (χ3v) is 3.70. The lowest BCUT2D eigenvalue weighted by molar-refractivity contribution is 0.214. The number of hydrogen-bond acceptors (Lipinski definition) is 2. The van der Waals surface area contributed by atoms with E-state index in [1.165, 1.54) is 0 Å². The van der Waals surface area contributed by atoms with Crippen molar-refractivity contribution in [3.8, 4) is 5.75 Å². The van der Waals surface area contributed by atoms with Crippen LogP contribution in [0.25, 0.3) is 0 Å². The highest BCUT2D eigenvalue weighted by molar-refractivity contribution is 9.10. The molecule has 0 aromatic heterocycles. The van der Waals surface area contributed by atoms with Gasteiger partial charge in [0.05, 0.1) is 7.11 Å². The summed E-state index contributed by atoms with van der Waals surface area (Å²) in [5.74, 6) is 0.730. The topological polar surface area (TPSA) is 29.5 Å². The summed E-state index contributed by atoms with van der Waals surface area (Å²) in [6, 6.07) is 11.7. The summed E-state index contributed by atoms with van der Waals surface area (Å²) in [4.78, 5) is 0. The van der Waals surface area contributed by atoms with Crippen LogP contribution in [0.2, 0.25) is 0 Å². The standard InChI is InChI=1S/C16H17BrO2/c1-10-8-11(2)15(14(9-10)19-3)16(18)12-4-6-13(17)7-5-12/h4-9,16,18H,1-3H3. The molecular formula is C16H17BrO2. The maximum Gasteiger partial charge on any atom is 0.125 e. The van der Waals surface area contributed by atoms with Crippen molar-refractivity contribution in [1.29, 1.82) is 0 Å². The van der Waals surface area contributed by atoms with Gasteiger partial charge in [-0.25, -0.2) is 0 Å². The molecule has 0 fully saturated rings. The van der Waals surface area contributed by atoms with Gasteiger partial charge < -0.3 is 9.84 Å². The van der Waals surface area contributed by atoms with Gasteiger partial charge in [0.15, 0.2) is 0 Å². The number of aliphatic hydroxyl groups excluding tert-OH is 1. The third-order valence-electron chi connectivity index (χ3n) is 3.17. The van der Waals surface area contributed by atoms with E-state index >= 15 is 0 Å². The van der Waals surface area contributed by atoms with Crippen LogP contribution in [-0.2, 0) is 0 Å². The van der Waals surface area contributed by atoms with E-state index in [4.69, 9.17) is 4.74 Å². The van der Waals surface area contributed by atoms with Gasteiger partial charge >= 0.3 is 0 Å². The van der Waals surface area contributed by atoms with Crippen LogP contribution < -0.4 is 4.74 Å². The van der Waals surface area contributed by atoms with Gasteiger partial charge in [0, 0.05) is 10.0 Å². The monoisotopic (exact) mass is 320 g/mol. The van der Waals surface area contributed by atoms with Crippen molar-refractivity contribution in [1.82, 2.24) is 0 Å². The molecule has 19 heavy (non-hydrogen) atoms. The summed E-state index contributed by atoms with van der Waals surface area (Å²) in [5.41, 5.74) is 3.84. The lowest BCUT2D eigenvalue weighted by Gasteiger charge is -2.18. The normalized spacial score (nSPS) is 12.3. The largest absolute Gasteiger partial charge is 0.496 e. The number of ether oxygens (including phenoxy) is 1. The Balaban J connectivity index is 2.49. The first-order valence-corrected chi connectivity index (χ1v) is 6.91. The van der Waals surface area contributed by atoms with E-state index < -0.39 is 6.10 Å². The van der Waals surface area contributed by atoms with Gasteiger partial charge in [-0.1, -0.05) is 34.1 Å². The molecule has 1 atom stereocenters. The van der Waals surface area contributed by atoms with Crippen LogP contribution in [-0.4, -0.2) is 12.2 Å². The highest BCUT2D eigenvalue weighted by Crippen LogP contribution is 2.34. The molecule has 2 rings (SSSR count). The van der Waals surface area contributed by atoms with Gasteiger partial charge in [0.2, 0.25) is 0 Å². The SMILES string of the molecule is COc1cc(C)cc(C)c1C(O)c1ccc(Br)cc1. The number of rotatable bonds is 3. The van der Waals surface area contributed by atoms with Crippen molar-refractivity contribution < 1.29 is 9.84 Å². The predicted octanol–water partition coefficient (Wildman–Crippen LogP) is 4.16. The lowest BCUT2D eigenvalue weighted by atomic mass is 9.95. The Morgan fingerprint density at radius 2 is 1.74 bits per heavy atom. The van der Waals surface area contributed by atoms with Crippen molar-refractivity contribution in [2.45, 2.75) is 20.0 Å². The van der Waals surface area contributed by atoms with E-state index in [1.54, 1.807) is 7.11 Å². The Morgan fingerprint density at radius 1 is 1.11 bits per heavy atom. The molecule has 100 valence electrons. The molecule has 0 spiro atoms. The van der Waals surface area contributed by atoms with E-state index in [9.17, 15) is 5.11 Å². The molecule has 1 N–H and O–H groups in total. The molecule has 2 nitrogen and oxygen atoms in total. The molecule has 0 bridgehead atoms. The van der Waals surface area contributed by atoms with E-state index in [2.05, 4.69) is 22.0 Å². The molecule has 0 amide bonds. The summed E-state index contributed by atoms with van der Waals surface area (Å²) in [6.07, 6.45) is -0.677. The van der Waals surface area contributed by atoms with Gasteiger partial charge in [0.1, 0.15) is 11.9 Å². The molecule has 0 aliphatic carbocycles. The molecule has 0 radical (unpaired) electrons. The molecule has 2 aromatic rings. The molecule has 3 heteroatoms. The molecule has 0 saturated carbocycles. The maximum atomic E-state index is 10.6. The first kappa shape index (κ1) is 14.1.